The molecule has 0 spiro atoms. The van der Waals surface area contributed by atoms with E-state index in [4.69, 9.17) is 10.5 Å². The summed E-state index contributed by atoms with van der Waals surface area (Å²) >= 11 is 0. The SMILES string of the molecule is CCCC(CN)(CCC)C(=O)Nc1cnn(CCOC)c1. The number of nitrogens with two attached hydrogens (primary N) is 1. The third-order valence-electron chi connectivity index (χ3n) is 3.75. The van der Waals surface area contributed by atoms with Crippen LogP contribution in [0.1, 0.15) is 39.5 Å². The van der Waals surface area contributed by atoms with Gasteiger partial charge in [-0.2, -0.15) is 5.10 Å². The maximum Gasteiger partial charge on any atom is 0.231 e. The zero-order valence-electron chi connectivity index (χ0n) is 13.4. The Kier molecular flexibility index (Phi) is 7.39. The van der Waals surface area contributed by atoms with Gasteiger partial charge >= 0.3 is 0 Å². The zero-order valence-corrected chi connectivity index (χ0v) is 13.4. The molecule has 0 aliphatic rings. The van der Waals surface area contributed by atoms with Gasteiger partial charge in [0.25, 0.3) is 0 Å². The first kappa shape index (κ1) is 17.7. The lowest BCUT2D eigenvalue weighted by Crippen LogP contribution is -2.42. The molecule has 1 amide bonds. The van der Waals surface area contributed by atoms with Gasteiger partial charge in [-0.1, -0.05) is 26.7 Å². The highest BCUT2D eigenvalue weighted by molar-refractivity contribution is 5.95. The van der Waals surface area contributed by atoms with Gasteiger partial charge < -0.3 is 15.8 Å². The molecule has 0 aliphatic carbocycles. The Bertz CT molecular complexity index is 425. The highest BCUT2D eigenvalue weighted by Crippen LogP contribution is 2.30. The standard InChI is InChI=1S/C15H28N4O2/c1-4-6-15(12-16,7-5-2)14(20)18-13-10-17-19(11-13)8-9-21-3/h10-11H,4-9,12,16H2,1-3H3,(H,18,20). The average molecular weight is 296 g/mol. The number of hydrogen-bond donors (Lipinski definition) is 2. The predicted octanol–water partition coefficient (Wildman–Crippen LogP) is 2.01. The molecule has 6 nitrogen and oxygen atoms in total. The molecule has 0 radical (unpaired) electrons. The molecule has 0 aromatic carbocycles. The summed E-state index contributed by atoms with van der Waals surface area (Å²) in [6.45, 7) is 5.79. The number of nitrogens with zero attached hydrogens (tertiary/aromatic N) is 2. The van der Waals surface area contributed by atoms with E-state index in [1.165, 1.54) is 0 Å². The van der Waals surface area contributed by atoms with Crippen LogP contribution in [0.2, 0.25) is 0 Å². The number of aromatic nitrogens is 2. The Labute approximate surface area is 127 Å². The van der Waals surface area contributed by atoms with Crippen LogP contribution < -0.4 is 11.1 Å². The van der Waals surface area contributed by atoms with E-state index in [2.05, 4.69) is 24.3 Å². The first-order valence-corrected chi connectivity index (χ1v) is 7.64. The van der Waals surface area contributed by atoms with E-state index < -0.39 is 5.41 Å². The second kappa shape index (κ2) is 8.79. The van der Waals surface area contributed by atoms with E-state index in [0.717, 1.165) is 25.7 Å². The fourth-order valence-corrected chi connectivity index (χ4v) is 2.60. The van der Waals surface area contributed by atoms with Gasteiger partial charge in [0, 0.05) is 19.9 Å². The summed E-state index contributed by atoms with van der Waals surface area (Å²) < 4.78 is 6.76. The van der Waals surface area contributed by atoms with Gasteiger partial charge in [-0.05, 0) is 12.8 Å². The van der Waals surface area contributed by atoms with E-state index in [1.807, 2.05) is 6.20 Å². The summed E-state index contributed by atoms with van der Waals surface area (Å²) in [4.78, 5) is 12.6. The summed E-state index contributed by atoms with van der Waals surface area (Å²) in [6.07, 6.45) is 6.97. The maximum absolute atomic E-state index is 12.6. The van der Waals surface area contributed by atoms with Crippen molar-refractivity contribution in [2.24, 2.45) is 11.1 Å². The fourth-order valence-electron chi connectivity index (χ4n) is 2.60. The van der Waals surface area contributed by atoms with Crippen molar-refractivity contribution in [2.45, 2.75) is 46.1 Å². The molecule has 1 aromatic heterocycles. The van der Waals surface area contributed by atoms with Crippen LogP contribution in [0.5, 0.6) is 0 Å². The van der Waals surface area contributed by atoms with Gasteiger partial charge in [0.1, 0.15) is 0 Å². The van der Waals surface area contributed by atoms with E-state index in [1.54, 1.807) is 18.0 Å². The molecule has 0 atom stereocenters. The number of anilines is 1. The van der Waals surface area contributed by atoms with Crippen molar-refractivity contribution < 1.29 is 9.53 Å². The molecule has 0 fully saturated rings. The first-order chi connectivity index (χ1) is 10.1. The molecule has 21 heavy (non-hydrogen) atoms. The third kappa shape index (κ3) is 4.82. The number of hydrogen-bond acceptors (Lipinski definition) is 4. The highest BCUT2D eigenvalue weighted by atomic mass is 16.5. The first-order valence-electron chi connectivity index (χ1n) is 7.64. The topological polar surface area (TPSA) is 82.2 Å². The summed E-state index contributed by atoms with van der Waals surface area (Å²) in [6, 6.07) is 0. The maximum atomic E-state index is 12.6. The lowest BCUT2D eigenvalue weighted by Gasteiger charge is -2.30. The molecule has 6 heteroatoms. The van der Waals surface area contributed by atoms with Gasteiger partial charge in [-0.15, -0.1) is 0 Å². The van der Waals surface area contributed by atoms with Crippen molar-refractivity contribution in [1.29, 1.82) is 0 Å². The van der Waals surface area contributed by atoms with Gasteiger partial charge in [0.2, 0.25) is 5.91 Å². The van der Waals surface area contributed by atoms with Crippen LogP contribution in [0.15, 0.2) is 12.4 Å². The summed E-state index contributed by atoms with van der Waals surface area (Å²) in [7, 11) is 1.65. The molecule has 1 rings (SSSR count). The van der Waals surface area contributed by atoms with E-state index in [9.17, 15) is 4.79 Å². The van der Waals surface area contributed by atoms with Crippen molar-refractivity contribution in [3.8, 4) is 0 Å². The molecule has 0 aliphatic heterocycles. The van der Waals surface area contributed by atoms with Crippen LogP contribution >= 0.6 is 0 Å². The Hall–Kier alpha value is -1.40. The number of carbonyl (C=O) groups is 1. The Morgan fingerprint density at radius 1 is 1.43 bits per heavy atom. The van der Waals surface area contributed by atoms with Gasteiger partial charge in [0.15, 0.2) is 0 Å². The number of methoxy groups -OCH3 is 1. The molecule has 1 heterocycles. The zero-order chi connectivity index (χ0) is 15.7. The molecule has 0 unspecified atom stereocenters. The minimum Gasteiger partial charge on any atom is -0.383 e. The molecule has 0 saturated carbocycles. The van der Waals surface area contributed by atoms with Crippen LogP contribution in [0.3, 0.4) is 0 Å². The highest BCUT2D eigenvalue weighted by Gasteiger charge is 2.35. The smallest absolute Gasteiger partial charge is 0.231 e. The van der Waals surface area contributed by atoms with Gasteiger partial charge in [0.05, 0.1) is 30.5 Å². The normalized spacial score (nSPS) is 11.6. The lowest BCUT2D eigenvalue weighted by molar-refractivity contribution is -0.126. The molecule has 3 N–H and O–H groups in total. The fraction of sp³-hybridized carbons (Fsp3) is 0.733. The van der Waals surface area contributed by atoms with E-state index in [0.29, 0.717) is 25.4 Å². The van der Waals surface area contributed by atoms with Crippen LogP contribution in [0.4, 0.5) is 5.69 Å². The van der Waals surface area contributed by atoms with Crippen molar-refractivity contribution in [2.75, 3.05) is 25.6 Å². The molecule has 0 bridgehead atoms. The van der Waals surface area contributed by atoms with Crippen LogP contribution in [-0.2, 0) is 16.1 Å². The quantitative estimate of drug-likeness (QED) is 0.692. The summed E-state index contributed by atoms with van der Waals surface area (Å²) in [5, 5.41) is 7.15. The monoisotopic (exact) mass is 296 g/mol. The van der Waals surface area contributed by atoms with Crippen LogP contribution in [0, 0.1) is 5.41 Å². The molecule has 1 aromatic rings. The number of nitrogens with one attached hydrogen (secondary N) is 1. The number of amides is 1. The molecule has 120 valence electrons. The van der Waals surface area contributed by atoms with Crippen LogP contribution in [-0.4, -0.2) is 35.9 Å². The predicted molar refractivity (Wildman–Crippen MR) is 84.0 cm³/mol. The second-order valence-corrected chi connectivity index (χ2v) is 5.42. The van der Waals surface area contributed by atoms with Gasteiger partial charge in [-0.25, -0.2) is 0 Å². The van der Waals surface area contributed by atoms with Crippen molar-refractivity contribution in [1.82, 2.24) is 9.78 Å². The second-order valence-electron chi connectivity index (χ2n) is 5.42. The number of rotatable bonds is 10. The molecular formula is C15H28N4O2. The summed E-state index contributed by atoms with van der Waals surface area (Å²) in [5.74, 6) is -0.00000785. The number of carbonyl (C=O) groups excluding carboxylic acids is 1. The minimum atomic E-state index is -0.474. The average Bonchev–Trinajstić information content (AvgIpc) is 2.92. The third-order valence-corrected chi connectivity index (χ3v) is 3.75. The number of ether oxygens (including phenoxy) is 1. The van der Waals surface area contributed by atoms with E-state index >= 15 is 0 Å². The Morgan fingerprint density at radius 3 is 2.62 bits per heavy atom. The molecular weight excluding hydrogens is 268 g/mol. The van der Waals surface area contributed by atoms with Gasteiger partial charge in [-0.3, -0.25) is 9.48 Å². The largest absolute Gasteiger partial charge is 0.383 e. The van der Waals surface area contributed by atoms with Crippen LogP contribution in [0.25, 0.3) is 0 Å². The van der Waals surface area contributed by atoms with Crippen molar-refractivity contribution in [3.05, 3.63) is 12.4 Å². The Balaban J connectivity index is 2.74. The summed E-state index contributed by atoms with van der Waals surface area (Å²) in [5.41, 5.74) is 6.14. The Morgan fingerprint density at radius 2 is 2.10 bits per heavy atom. The van der Waals surface area contributed by atoms with Crippen molar-refractivity contribution in [3.63, 3.8) is 0 Å². The minimum absolute atomic E-state index is 0.00000785. The van der Waals surface area contributed by atoms with Crippen molar-refractivity contribution >= 4 is 11.6 Å². The molecule has 0 saturated heterocycles. The lowest BCUT2D eigenvalue weighted by atomic mass is 9.78. The van der Waals surface area contributed by atoms with E-state index in [-0.39, 0.29) is 5.91 Å².